The second kappa shape index (κ2) is 4.57. The van der Waals surface area contributed by atoms with Crippen molar-refractivity contribution in [1.82, 2.24) is 0 Å². The number of hydrogen-bond donors (Lipinski definition) is 0. The fourth-order valence-electron chi connectivity index (χ4n) is 0.390. The third-order valence-corrected chi connectivity index (χ3v) is 1.47. The van der Waals surface area contributed by atoms with Crippen molar-refractivity contribution in [3.05, 3.63) is 0 Å². The molecule has 0 aromatic carbocycles. The molecule has 0 aliphatic rings. The molecule has 1 unspecified atom stereocenters. The van der Waals surface area contributed by atoms with E-state index in [2.05, 4.69) is 15.9 Å². The molecule has 0 nitrogen and oxygen atoms in total. The smallest absolute Gasteiger partial charge is 0.110 e. The van der Waals surface area contributed by atoms with Gasteiger partial charge in [0, 0.05) is 5.33 Å². The van der Waals surface area contributed by atoms with Crippen LogP contribution in [0.25, 0.3) is 0 Å². The third-order valence-electron chi connectivity index (χ3n) is 0.769. The molecular weight excluding hydrogens is 159 g/mol. The molecule has 2 heteroatoms. The summed E-state index contributed by atoms with van der Waals surface area (Å²) in [7, 11) is 0. The Bertz CT molecular complexity index is 39.1. The van der Waals surface area contributed by atoms with Crippen LogP contribution in [0.1, 0.15) is 19.8 Å². The van der Waals surface area contributed by atoms with Crippen molar-refractivity contribution < 1.29 is 4.39 Å². The molecule has 0 saturated carbocycles. The molecule has 7 heavy (non-hydrogen) atoms. The van der Waals surface area contributed by atoms with Gasteiger partial charge in [-0.05, 0) is 6.42 Å². The minimum absolute atomic E-state index is 0.487. The number of alkyl halides is 2. The molecule has 0 N–H and O–H groups in total. The molecular formula is C5H10BrF. The Morgan fingerprint density at radius 1 is 1.71 bits per heavy atom. The van der Waals surface area contributed by atoms with Crippen molar-refractivity contribution >= 4 is 15.9 Å². The zero-order chi connectivity index (χ0) is 5.70. The van der Waals surface area contributed by atoms with Crippen molar-refractivity contribution in [1.29, 1.82) is 0 Å². The van der Waals surface area contributed by atoms with Gasteiger partial charge in [-0.15, -0.1) is 0 Å². The summed E-state index contributed by atoms with van der Waals surface area (Å²) < 4.78 is 12.1. The Hall–Kier alpha value is 0.410. The number of rotatable bonds is 3. The van der Waals surface area contributed by atoms with E-state index < -0.39 is 6.17 Å². The van der Waals surface area contributed by atoms with Crippen LogP contribution in [0.3, 0.4) is 0 Å². The Labute approximate surface area is 52.2 Å². The van der Waals surface area contributed by atoms with Gasteiger partial charge in [-0.1, -0.05) is 29.3 Å². The monoisotopic (exact) mass is 168 g/mol. The first-order valence-corrected chi connectivity index (χ1v) is 3.63. The Morgan fingerprint density at radius 3 is 2.43 bits per heavy atom. The van der Waals surface area contributed by atoms with Crippen LogP contribution in [0.2, 0.25) is 0 Å². The molecule has 0 heterocycles. The van der Waals surface area contributed by atoms with Gasteiger partial charge in [-0.2, -0.15) is 0 Å². The SMILES string of the molecule is CCCC(F)CBr. The Morgan fingerprint density at radius 2 is 2.29 bits per heavy atom. The standard InChI is InChI=1S/C5H10BrF/c1-2-3-5(7)4-6/h5H,2-4H2,1H3. The molecule has 44 valence electrons. The molecule has 0 radical (unpaired) electrons. The van der Waals surface area contributed by atoms with Gasteiger partial charge in [-0.25, -0.2) is 4.39 Å². The summed E-state index contributed by atoms with van der Waals surface area (Å²) in [5, 5.41) is 0.487. The van der Waals surface area contributed by atoms with Gasteiger partial charge >= 0.3 is 0 Å². The highest BCUT2D eigenvalue weighted by molar-refractivity contribution is 9.09. The zero-order valence-electron chi connectivity index (χ0n) is 4.45. The molecule has 0 aliphatic carbocycles. The van der Waals surface area contributed by atoms with Crippen molar-refractivity contribution in [2.75, 3.05) is 5.33 Å². The maximum atomic E-state index is 12.1. The fourth-order valence-corrected chi connectivity index (χ4v) is 0.714. The first-order valence-electron chi connectivity index (χ1n) is 2.51. The first-order chi connectivity index (χ1) is 3.31. The first kappa shape index (κ1) is 7.41. The van der Waals surface area contributed by atoms with E-state index in [0.29, 0.717) is 11.8 Å². The summed E-state index contributed by atoms with van der Waals surface area (Å²) in [6.45, 7) is 1.98. The molecule has 0 bridgehead atoms. The van der Waals surface area contributed by atoms with Crippen LogP contribution in [0.4, 0.5) is 4.39 Å². The lowest BCUT2D eigenvalue weighted by atomic mass is 10.2. The molecule has 0 fully saturated rings. The highest BCUT2D eigenvalue weighted by atomic mass is 79.9. The van der Waals surface area contributed by atoms with Crippen LogP contribution < -0.4 is 0 Å². The van der Waals surface area contributed by atoms with E-state index >= 15 is 0 Å². The van der Waals surface area contributed by atoms with Gasteiger partial charge in [0.1, 0.15) is 6.17 Å². The highest BCUT2D eigenvalue weighted by Crippen LogP contribution is 2.03. The van der Waals surface area contributed by atoms with Crippen molar-refractivity contribution in [3.8, 4) is 0 Å². The highest BCUT2D eigenvalue weighted by Gasteiger charge is 1.98. The van der Waals surface area contributed by atoms with Crippen LogP contribution in [-0.4, -0.2) is 11.5 Å². The predicted molar refractivity (Wildman–Crippen MR) is 33.6 cm³/mol. The summed E-state index contributed by atoms with van der Waals surface area (Å²) in [6.07, 6.45) is 0.989. The largest absolute Gasteiger partial charge is 0.247 e. The minimum Gasteiger partial charge on any atom is -0.247 e. The molecule has 0 rings (SSSR count). The average molecular weight is 169 g/mol. The second-order valence-corrected chi connectivity index (χ2v) is 2.19. The van der Waals surface area contributed by atoms with Crippen LogP contribution in [0.15, 0.2) is 0 Å². The molecule has 1 atom stereocenters. The van der Waals surface area contributed by atoms with Crippen LogP contribution in [0, 0.1) is 0 Å². The van der Waals surface area contributed by atoms with Gasteiger partial charge in [0.05, 0.1) is 0 Å². The van der Waals surface area contributed by atoms with E-state index in [4.69, 9.17) is 0 Å². The van der Waals surface area contributed by atoms with E-state index in [1.807, 2.05) is 6.92 Å². The summed E-state index contributed by atoms with van der Waals surface area (Å²) in [4.78, 5) is 0. The summed E-state index contributed by atoms with van der Waals surface area (Å²) >= 11 is 3.04. The van der Waals surface area contributed by atoms with Crippen molar-refractivity contribution in [2.24, 2.45) is 0 Å². The normalized spacial score (nSPS) is 14.1. The minimum atomic E-state index is -0.634. The number of hydrogen-bond acceptors (Lipinski definition) is 0. The lowest BCUT2D eigenvalue weighted by Gasteiger charge is -1.97. The zero-order valence-corrected chi connectivity index (χ0v) is 6.04. The molecule has 0 aliphatic heterocycles. The Kier molecular flexibility index (Phi) is 4.83. The van der Waals surface area contributed by atoms with Crippen molar-refractivity contribution in [2.45, 2.75) is 25.9 Å². The maximum absolute atomic E-state index is 12.1. The average Bonchev–Trinajstić information content (AvgIpc) is 1.68. The van der Waals surface area contributed by atoms with E-state index in [0.717, 1.165) is 6.42 Å². The predicted octanol–water partition coefficient (Wildman–Crippen LogP) is 2.52. The van der Waals surface area contributed by atoms with E-state index in [1.54, 1.807) is 0 Å². The van der Waals surface area contributed by atoms with Gasteiger partial charge in [0.2, 0.25) is 0 Å². The molecule has 0 aromatic heterocycles. The van der Waals surface area contributed by atoms with E-state index in [1.165, 1.54) is 0 Å². The summed E-state index contributed by atoms with van der Waals surface area (Å²) in [5.74, 6) is 0. The van der Waals surface area contributed by atoms with Crippen molar-refractivity contribution in [3.63, 3.8) is 0 Å². The molecule has 0 amide bonds. The van der Waals surface area contributed by atoms with Crippen LogP contribution in [0.5, 0.6) is 0 Å². The Balaban J connectivity index is 2.83. The lowest BCUT2D eigenvalue weighted by molar-refractivity contribution is 0.346. The summed E-state index contributed by atoms with van der Waals surface area (Å²) in [5.41, 5.74) is 0. The quantitative estimate of drug-likeness (QED) is 0.569. The molecule has 0 aromatic rings. The van der Waals surface area contributed by atoms with Gasteiger partial charge in [0.25, 0.3) is 0 Å². The van der Waals surface area contributed by atoms with Crippen LogP contribution >= 0.6 is 15.9 Å². The lowest BCUT2D eigenvalue weighted by Crippen LogP contribution is -1.98. The topological polar surface area (TPSA) is 0 Å². The van der Waals surface area contributed by atoms with Gasteiger partial charge in [-0.3, -0.25) is 0 Å². The maximum Gasteiger partial charge on any atom is 0.110 e. The van der Waals surface area contributed by atoms with E-state index in [9.17, 15) is 4.39 Å². The second-order valence-electron chi connectivity index (χ2n) is 1.54. The molecule has 0 spiro atoms. The van der Waals surface area contributed by atoms with Gasteiger partial charge < -0.3 is 0 Å². The van der Waals surface area contributed by atoms with Gasteiger partial charge in [0.15, 0.2) is 0 Å². The number of halogens is 2. The fraction of sp³-hybridized carbons (Fsp3) is 1.00. The summed E-state index contributed by atoms with van der Waals surface area (Å²) in [6, 6.07) is 0. The third kappa shape index (κ3) is 4.26. The van der Waals surface area contributed by atoms with E-state index in [-0.39, 0.29) is 0 Å². The molecule has 0 saturated heterocycles. The van der Waals surface area contributed by atoms with Crippen LogP contribution in [-0.2, 0) is 0 Å².